The van der Waals surface area contributed by atoms with Gasteiger partial charge in [0.05, 0.1) is 18.6 Å². The highest BCUT2D eigenvalue weighted by Gasteiger charge is 2.21. The second-order valence-electron chi connectivity index (χ2n) is 4.89. The summed E-state index contributed by atoms with van der Waals surface area (Å²) in [6, 6.07) is 6.54. The fourth-order valence-corrected chi connectivity index (χ4v) is 3.38. The number of aryl methyl sites for hydroxylation is 1. The molecule has 1 aromatic carbocycles. The van der Waals surface area contributed by atoms with E-state index in [4.69, 9.17) is 9.47 Å². The number of benzene rings is 1. The molecule has 1 N–H and O–H groups in total. The summed E-state index contributed by atoms with van der Waals surface area (Å²) in [5.41, 5.74) is 1.45. The number of hydrogen-bond acceptors (Lipinski definition) is 7. The van der Waals surface area contributed by atoms with E-state index in [2.05, 4.69) is 14.7 Å². The van der Waals surface area contributed by atoms with E-state index in [9.17, 15) is 8.42 Å². The van der Waals surface area contributed by atoms with Crippen LogP contribution in [0.2, 0.25) is 0 Å². The molecule has 24 heavy (non-hydrogen) atoms. The van der Waals surface area contributed by atoms with Crippen LogP contribution < -0.4 is 9.46 Å². The summed E-state index contributed by atoms with van der Waals surface area (Å²) in [6.45, 7) is 2.07. The van der Waals surface area contributed by atoms with Crippen LogP contribution in [-0.2, 0) is 21.4 Å². The lowest BCUT2D eigenvalue weighted by Gasteiger charge is -2.14. The van der Waals surface area contributed by atoms with Crippen LogP contribution in [-0.4, -0.2) is 38.9 Å². The summed E-state index contributed by atoms with van der Waals surface area (Å²) in [6.07, 6.45) is 1.80. The number of anilines is 1. The minimum absolute atomic E-state index is 0.0875. The molecule has 0 aliphatic heterocycles. The molecule has 1 aromatic heterocycles. The quantitative estimate of drug-likeness (QED) is 0.592. The molecule has 0 spiro atoms. The highest BCUT2D eigenvalue weighted by Crippen LogP contribution is 2.30. The highest BCUT2D eigenvalue weighted by molar-refractivity contribution is 7.98. The van der Waals surface area contributed by atoms with Crippen LogP contribution in [0.3, 0.4) is 0 Å². The molecule has 0 fully saturated rings. The van der Waals surface area contributed by atoms with Crippen LogP contribution in [0.1, 0.15) is 11.3 Å². The van der Waals surface area contributed by atoms with E-state index in [1.165, 1.54) is 38.1 Å². The van der Waals surface area contributed by atoms with E-state index in [0.717, 1.165) is 5.56 Å². The topological polar surface area (TPSA) is 90.4 Å². The van der Waals surface area contributed by atoms with E-state index in [0.29, 0.717) is 10.9 Å². The Labute approximate surface area is 145 Å². The standard InChI is InChI=1S/C15H19N3O4S2/c1-10-5-7-11(8-6-10)24(19,20)18-14-13(22-3)12(9-21-2)16-15(17-14)23-4/h5-8H,9H2,1-4H3,(H,16,17,18). The molecule has 0 amide bonds. The number of ether oxygens (including phenoxy) is 2. The maximum Gasteiger partial charge on any atom is 0.263 e. The molecule has 0 unspecified atom stereocenters. The maximum atomic E-state index is 12.6. The number of methoxy groups -OCH3 is 2. The fraction of sp³-hybridized carbons (Fsp3) is 0.333. The van der Waals surface area contributed by atoms with Crippen LogP contribution in [0.25, 0.3) is 0 Å². The molecule has 2 rings (SSSR count). The van der Waals surface area contributed by atoms with Gasteiger partial charge in [-0.25, -0.2) is 18.4 Å². The second-order valence-corrected chi connectivity index (χ2v) is 7.35. The molecular weight excluding hydrogens is 350 g/mol. The van der Waals surface area contributed by atoms with Gasteiger partial charge in [-0.2, -0.15) is 0 Å². The molecule has 130 valence electrons. The van der Waals surface area contributed by atoms with Gasteiger partial charge >= 0.3 is 0 Å². The van der Waals surface area contributed by atoms with Gasteiger partial charge in [0.25, 0.3) is 10.0 Å². The van der Waals surface area contributed by atoms with Crippen molar-refractivity contribution in [1.82, 2.24) is 9.97 Å². The van der Waals surface area contributed by atoms with Crippen LogP contribution in [0.15, 0.2) is 34.3 Å². The largest absolute Gasteiger partial charge is 0.491 e. The zero-order valence-electron chi connectivity index (χ0n) is 13.9. The lowest BCUT2D eigenvalue weighted by Crippen LogP contribution is -2.16. The smallest absolute Gasteiger partial charge is 0.263 e. The predicted octanol–water partition coefficient (Wildman–Crippen LogP) is 2.46. The monoisotopic (exact) mass is 369 g/mol. The number of thioether (sulfide) groups is 1. The third-order valence-electron chi connectivity index (χ3n) is 3.15. The Morgan fingerprint density at radius 1 is 1.17 bits per heavy atom. The Balaban J connectivity index is 2.47. The lowest BCUT2D eigenvalue weighted by atomic mass is 10.2. The Morgan fingerprint density at radius 3 is 2.38 bits per heavy atom. The van der Waals surface area contributed by atoms with Gasteiger partial charge in [0.1, 0.15) is 5.69 Å². The fourth-order valence-electron chi connectivity index (χ4n) is 1.99. The first kappa shape index (κ1) is 18.5. The highest BCUT2D eigenvalue weighted by atomic mass is 32.2. The van der Waals surface area contributed by atoms with Crippen LogP contribution >= 0.6 is 11.8 Å². The molecule has 0 aliphatic carbocycles. The Hall–Kier alpha value is -1.84. The number of aromatic nitrogens is 2. The Kier molecular flexibility index (Phi) is 6.03. The number of nitrogens with one attached hydrogen (secondary N) is 1. The van der Waals surface area contributed by atoms with Crippen LogP contribution in [0.4, 0.5) is 5.82 Å². The van der Waals surface area contributed by atoms with E-state index < -0.39 is 10.0 Å². The molecule has 0 atom stereocenters. The minimum Gasteiger partial charge on any atom is -0.491 e. The molecule has 0 aliphatic rings. The van der Waals surface area contributed by atoms with Gasteiger partial charge in [-0.15, -0.1) is 0 Å². The van der Waals surface area contributed by atoms with Crippen molar-refractivity contribution < 1.29 is 17.9 Å². The van der Waals surface area contributed by atoms with Gasteiger partial charge in [0, 0.05) is 7.11 Å². The molecular formula is C15H19N3O4S2. The van der Waals surface area contributed by atoms with Crippen molar-refractivity contribution in [3.63, 3.8) is 0 Å². The molecule has 0 saturated heterocycles. The third-order valence-corrected chi connectivity index (χ3v) is 5.05. The Bertz CT molecular complexity index is 808. The van der Waals surface area contributed by atoms with Crippen molar-refractivity contribution in [1.29, 1.82) is 0 Å². The van der Waals surface area contributed by atoms with Crippen molar-refractivity contribution >= 4 is 27.6 Å². The Morgan fingerprint density at radius 2 is 1.83 bits per heavy atom. The van der Waals surface area contributed by atoms with Gasteiger partial charge in [-0.3, -0.25) is 4.72 Å². The van der Waals surface area contributed by atoms with Crippen molar-refractivity contribution in [3.8, 4) is 5.75 Å². The molecule has 2 aromatic rings. The second kappa shape index (κ2) is 7.82. The van der Waals surface area contributed by atoms with Crippen molar-refractivity contribution in [3.05, 3.63) is 35.5 Å². The molecule has 7 nitrogen and oxygen atoms in total. The molecule has 0 saturated carbocycles. The van der Waals surface area contributed by atoms with E-state index >= 15 is 0 Å². The van der Waals surface area contributed by atoms with Crippen LogP contribution in [0.5, 0.6) is 5.75 Å². The zero-order valence-corrected chi connectivity index (χ0v) is 15.5. The number of hydrogen-bond donors (Lipinski definition) is 1. The summed E-state index contributed by atoms with van der Waals surface area (Å²) in [7, 11) is -0.835. The van der Waals surface area contributed by atoms with Gasteiger partial charge in [0.2, 0.25) is 0 Å². The summed E-state index contributed by atoms with van der Waals surface area (Å²) < 4.78 is 38.0. The molecule has 0 radical (unpaired) electrons. The van der Waals surface area contributed by atoms with Crippen molar-refractivity contribution in [2.24, 2.45) is 0 Å². The van der Waals surface area contributed by atoms with Gasteiger partial charge in [-0.1, -0.05) is 29.5 Å². The molecule has 1 heterocycles. The van der Waals surface area contributed by atoms with Crippen molar-refractivity contribution in [2.75, 3.05) is 25.2 Å². The van der Waals surface area contributed by atoms with Gasteiger partial charge in [-0.05, 0) is 25.3 Å². The summed E-state index contributed by atoms with van der Waals surface area (Å²) >= 11 is 1.30. The zero-order chi connectivity index (χ0) is 17.7. The lowest BCUT2D eigenvalue weighted by molar-refractivity contribution is 0.177. The number of sulfonamides is 1. The SMILES string of the molecule is COCc1nc(SC)nc(NS(=O)(=O)c2ccc(C)cc2)c1OC. The number of rotatable bonds is 7. The van der Waals surface area contributed by atoms with Gasteiger partial charge < -0.3 is 9.47 Å². The van der Waals surface area contributed by atoms with E-state index in [-0.39, 0.29) is 23.1 Å². The molecule has 0 bridgehead atoms. The first-order chi connectivity index (χ1) is 11.4. The maximum absolute atomic E-state index is 12.6. The summed E-state index contributed by atoms with van der Waals surface area (Å²) in [4.78, 5) is 8.65. The van der Waals surface area contributed by atoms with Gasteiger partial charge in [0.15, 0.2) is 16.7 Å². The predicted molar refractivity (Wildman–Crippen MR) is 93.1 cm³/mol. The first-order valence-corrected chi connectivity index (χ1v) is 9.69. The summed E-state index contributed by atoms with van der Waals surface area (Å²) in [5.74, 6) is 0.329. The van der Waals surface area contributed by atoms with Crippen LogP contribution in [0, 0.1) is 6.92 Å². The van der Waals surface area contributed by atoms with E-state index in [1.54, 1.807) is 18.4 Å². The minimum atomic E-state index is -3.79. The normalized spacial score (nSPS) is 11.3. The first-order valence-electron chi connectivity index (χ1n) is 6.98. The van der Waals surface area contributed by atoms with E-state index in [1.807, 2.05) is 6.92 Å². The third kappa shape index (κ3) is 4.16. The van der Waals surface area contributed by atoms with Crippen molar-refractivity contribution in [2.45, 2.75) is 23.6 Å². The number of nitrogens with zero attached hydrogens (tertiary/aromatic N) is 2. The average molecular weight is 369 g/mol. The summed E-state index contributed by atoms with van der Waals surface area (Å²) in [5, 5.41) is 0.421. The molecule has 9 heteroatoms. The average Bonchev–Trinajstić information content (AvgIpc) is 2.55.